The van der Waals surface area contributed by atoms with Crippen molar-refractivity contribution in [1.29, 1.82) is 0 Å². The van der Waals surface area contributed by atoms with Crippen molar-refractivity contribution >= 4 is 33.3 Å². The lowest BCUT2D eigenvalue weighted by atomic mass is 9.94. The monoisotopic (exact) mass is 472 g/mol. The van der Waals surface area contributed by atoms with E-state index in [-0.39, 0.29) is 11.2 Å². The summed E-state index contributed by atoms with van der Waals surface area (Å²) in [5, 5.41) is 1.47. The maximum Gasteiger partial charge on any atom is 0.267 e. The zero-order chi connectivity index (χ0) is 22.7. The molecule has 0 amide bonds. The first-order chi connectivity index (χ1) is 15.4. The molecule has 1 aromatic carbocycles. The van der Waals surface area contributed by atoms with E-state index in [9.17, 15) is 4.79 Å². The van der Waals surface area contributed by atoms with Crippen LogP contribution in [0.25, 0.3) is 15.9 Å². The van der Waals surface area contributed by atoms with E-state index in [4.69, 9.17) is 14.5 Å². The topological polar surface area (TPSA) is 53.4 Å². The highest BCUT2D eigenvalue weighted by molar-refractivity contribution is 7.99. The van der Waals surface area contributed by atoms with Gasteiger partial charge in [-0.3, -0.25) is 9.36 Å². The van der Waals surface area contributed by atoms with E-state index in [1.807, 2.05) is 24.3 Å². The average Bonchev–Trinajstić information content (AvgIpc) is 3.13. The van der Waals surface area contributed by atoms with Gasteiger partial charge in [0.25, 0.3) is 5.56 Å². The predicted molar refractivity (Wildman–Crippen MR) is 134 cm³/mol. The molecule has 7 heteroatoms. The van der Waals surface area contributed by atoms with Gasteiger partial charge in [-0.2, -0.15) is 0 Å². The third kappa shape index (κ3) is 4.75. The highest BCUT2D eigenvalue weighted by Crippen LogP contribution is 2.38. The molecule has 3 heterocycles. The Bertz CT molecular complexity index is 1150. The molecular formula is C25H32N2O3S2. The Kier molecular flexibility index (Phi) is 7.27. The van der Waals surface area contributed by atoms with Crippen LogP contribution < -0.4 is 10.3 Å². The number of methoxy groups -OCH3 is 1. The van der Waals surface area contributed by atoms with E-state index in [2.05, 4.69) is 20.8 Å². The van der Waals surface area contributed by atoms with Crippen LogP contribution in [0.1, 0.15) is 63.3 Å². The van der Waals surface area contributed by atoms with Crippen LogP contribution in [-0.4, -0.2) is 28.0 Å². The van der Waals surface area contributed by atoms with Gasteiger partial charge in [0.05, 0.1) is 30.4 Å². The van der Waals surface area contributed by atoms with Gasteiger partial charge >= 0.3 is 0 Å². The van der Waals surface area contributed by atoms with E-state index in [1.54, 1.807) is 34.8 Å². The molecule has 0 unspecified atom stereocenters. The highest BCUT2D eigenvalue weighted by Gasteiger charge is 2.31. The summed E-state index contributed by atoms with van der Waals surface area (Å²) in [6.45, 7) is 6.92. The van der Waals surface area contributed by atoms with Crippen LogP contribution in [-0.2, 0) is 17.8 Å². The van der Waals surface area contributed by atoms with Gasteiger partial charge in [-0.1, -0.05) is 56.5 Å². The number of hydrogen-bond donors (Lipinski definition) is 0. The summed E-state index contributed by atoms with van der Waals surface area (Å²) in [7, 11) is 1.64. The SMILES string of the molecule is CCCCCCCSc1nc2sc3c(c2c(=O)n1-c1ccccc1OC)CC(C)(C)OC3. The van der Waals surface area contributed by atoms with Crippen LogP contribution in [0.5, 0.6) is 5.75 Å². The Balaban J connectivity index is 1.80. The lowest BCUT2D eigenvalue weighted by Crippen LogP contribution is -2.32. The number of fused-ring (bicyclic) bond motifs is 3. The Morgan fingerprint density at radius 3 is 2.78 bits per heavy atom. The van der Waals surface area contributed by atoms with Gasteiger partial charge in [0, 0.05) is 17.1 Å². The molecule has 0 saturated heterocycles. The van der Waals surface area contributed by atoms with Crippen molar-refractivity contribution in [2.45, 2.75) is 76.7 Å². The molecular weight excluding hydrogens is 440 g/mol. The number of aromatic nitrogens is 2. The van der Waals surface area contributed by atoms with Gasteiger partial charge in [-0.05, 0) is 38.0 Å². The molecule has 32 heavy (non-hydrogen) atoms. The second-order valence-electron chi connectivity index (χ2n) is 8.88. The normalized spacial score (nSPS) is 15.1. The van der Waals surface area contributed by atoms with E-state index < -0.39 is 0 Å². The van der Waals surface area contributed by atoms with Crippen molar-refractivity contribution < 1.29 is 9.47 Å². The molecule has 0 spiro atoms. The summed E-state index contributed by atoms with van der Waals surface area (Å²) in [6.07, 6.45) is 6.82. The number of benzene rings is 1. The van der Waals surface area contributed by atoms with Crippen LogP contribution in [0.3, 0.4) is 0 Å². The quantitative estimate of drug-likeness (QED) is 0.206. The van der Waals surface area contributed by atoms with Crippen molar-refractivity contribution in [3.05, 3.63) is 45.1 Å². The molecule has 0 aliphatic carbocycles. The third-order valence-electron chi connectivity index (χ3n) is 5.88. The molecule has 5 nitrogen and oxygen atoms in total. The minimum atomic E-state index is -0.283. The molecule has 3 aromatic rings. The van der Waals surface area contributed by atoms with Crippen LogP contribution in [0.2, 0.25) is 0 Å². The summed E-state index contributed by atoms with van der Waals surface area (Å²) in [5.41, 5.74) is 1.55. The molecule has 0 bridgehead atoms. The lowest BCUT2D eigenvalue weighted by molar-refractivity contribution is -0.0379. The summed E-state index contributed by atoms with van der Waals surface area (Å²) in [6, 6.07) is 7.69. The standard InChI is InChI=1S/C25H32N2O3S2/c1-5-6-7-8-11-14-31-24-26-22-21(17-15-25(2,3)30-16-20(17)32-22)23(28)27(24)18-12-9-10-13-19(18)29-4/h9-10,12-13H,5-8,11,14-16H2,1-4H3. The van der Waals surface area contributed by atoms with Crippen molar-refractivity contribution in [2.24, 2.45) is 0 Å². The zero-order valence-corrected chi connectivity index (χ0v) is 21.0. The smallest absolute Gasteiger partial charge is 0.267 e. The van der Waals surface area contributed by atoms with Gasteiger partial charge < -0.3 is 9.47 Å². The van der Waals surface area contributed by atoms with Crippen molar-refractivity contribution in [3.8, 4) is 11.4 Å². The van der Waals surface area contributed by atoms with E-state index in [1.165, 1.54) is 25.7 Å². The highest BCUT2D eigenvalue weighted by atomic mass is 32.2. The maximum absolute atomic E-state index is 14.0. The molecule has 1 aliphatic rings. The molecule has 4 rings (SSSR count). The fourth-order valence-corrected chi connectivity index (χ4v) is 6.32. The van der Waals surface area contributed by atoms with Crippen LogP contribution in [0, 0.1) is 0 Å². The number of thiophene rings is 1. The molecule has 2 aromatic heterocycles. The Morgan fingerprint density at radius 1 is 1.22 bits per heavy atom. The Labute approximate surface area is 198 Å². The van der Waals surface area contributed by atoms with Gasteiger partial charge in [0.2, 0.25) is 0 Å². The predicted octanol–water partition coefficient (Wildman–Crippen LogP) is 6.37. The van der Waals surface area contributed by atoms with Crippen molar-refractivity contribution in [2.75, 3.05) is 12.9 Å². The van der Waals surface area contributed by atoms with Crippen LogP contribution >= 0.6 is 23.1 Å². The molecule has 0 fully saturated rings. The first kappa shape index (κ1) is 23.3. The minimum Gasteiger partial charge on any atom is -0.495 e. The maximum atomic E-state index is 14.0. The molecule has 0 atom stereocenters. The number of para-hydroxylation sites is 2. The minimum absolute atomic E-state index is 0.0109. The number of rotatable bonds is 9. The summed E-state index contributed by atoms with van der Waals surface area (Å²) in [4.78, 5) is 20.9. The lowest BCUT2D eigenvalue weighted by Gasteiger charge is -2.30. The summed E-state index contributed by atoms with van der Waals surface area (Å²) in [5.74, 6) is 1.62. The zero-order valence-electron chi connectivity index (χ0n) is 19.4. The van der Waals surface area contributed by atoms with Crippen molar-refractivity contribution in [3.63, 3.8) is 0 Å². The van der Waals surface area contributed by atoms with Crippen LogP contribution in [0.15, 0.2) is 34.2 Å². The number of unbranched alkanes of at least 4 members (excludes halogenated alkanes) is 4. The molecule has 0 N–H and O–H groups in total. The fourth-order valence-electron chi connectivity index (χ4n) is 4.17. The average molecular weight is 473 g/mol. The summed E-state index contributed by atoms with van der Waals surface area (Å²) >= 11 is 3.26. The summed E-state index contributed by atoms with van der Waals surface area (Å²) < 4.78 is 13.4. The Morgan fingerprint density at radius 2 is 2.00 bits per heavy atom. The third-order valence-corrected chi connectivity index (χ3v) is 8.00. The second-order valence-corrected chi connectivity index (χ2v) is 11.0. The fraction of sp³-hybridized carbons (Fsp3) is 0.520. The van der Waals surface area contributed by atoms with Gasteiger partial charge in [0.1, 0.15) is 10.6 Å². The van der Waals surface area contributed by atoms with E-state index in [0.717, 1.165) is 50.1 Å². The van der Waals surface area contributed by atoms with Gasteiger partial charge in [-0.15, -0.1) is 11.3 Å². The first-order valence-corrected chi connectivity index (χ1v) is 13.2. The number of ether oxygens (including phenoxy) is 2. The first-order valence-electron chi connectivity index (χ1n) is 11.4. The molecule has 1 aliphatic heterocycles. The largest absolute Gasteiger partial charge is 0.495 e. The van der Waals surface area contributed by atoms with Crippen LogP contribution in [0.4, 0.5) is 0 Å². The molecule has 172 valence electrons. The second kappa shape index (κ2) is 9.98. The molecule has 0 radical (unpaired) electrons. The number of nitrogens with zero attached hydrogens (tertiary/aromatic N) is 2. The molecule has 0 saturated carbocycles. The van der Waals surface area contributed by atoms with Gasteiger partial charge in [-0.25, -0.2) is 4.98 Å². The van der Waals surface area contributed by atoms with E-state index in [0.29, 0.717) is 12.4 Å². The number of hydrogen-bond acceptors (Lipinski definition) is 6. The van der Waals surface area contributed by atoms with Crippen molar-refractivity contribution in [1.82, 2.24) is 9.55 Å². The Hall–Kier alpha value is -1.83. The number of thioether (sulfide) groups is 1. The van der Waals surface area contributed by atoms with Gasteiger partial charge in [0.15, 0.2) is 5.16 Å². The van der Waals surface area contributed by atoms with E-state index >= 15 is 0 Å².